The molecule has 0 saturated carbocycles. The Labute approximate surface area is 332 Å². The summed E-state index contributed by atoms with van der Waals surface area (Å²) in [5.74, 6) is 0. The van der Waals surface area contributed by atoms with E-state index in [4.69, 9.17) is 8.83 Å². The van der Waals surface area contributed by atoms with Gasteiger partial charge in [-0.05, 0) is 124 Å². The minimum Gasteiger partial charge on any atom is -0.452 e. The van der Waals surface area contributed by atoms with Gasteiger partial charge in [0.25, 0.3) is 0 Å². The van der Waals surface area contributed by atoms with E-state index in [1.54, 1.807) is 0 Å². The predicted octanol–water partition coefficient (Wildman–Crippen LogP) is 16.3. The first kappa shape index (κ1) is 31.5. The molecule has 0 aliphatic carbocycles. The fourth-order valence-electron chi connectivity index (χ4n) is 9.73. The summed E-state index contributed by atoms with van der Waals surface area (Å²) in [6.45, 7) is 0. The molecular formula is C56H32O2. The van der Waals surface area contributed by atoms with E-state index < -0.39 is 0 Å². The smallest absolute Gasteiger partial charge is 0.178 e. The summed E-state index contributed by atoms with van der Waals surface area (Å²) in [6.07, 6.45) is 0. The molecule has 0 aliphatic heterocycles. The van der Waals surface area contributed by atoms with Crippen LogP contribution in [-0.2, 0) is 0 Å². The van der Waals surface area contributed by atoms with Crippen molar-refractivity contribution in [3.05, 3.63) is 194 Å². The first-order valence-corrected chi connectivity index (χ1v) is 19.9. The molecule has 58 heavy (non-hydrogen) atoms. The topological polar surface area (TPSA) is 26.3 Å². The molecule has 0 radical (unpaired) electrons. The molecule has 2 aromatic heterocycles. The second-order valence-corrected chi connectivity index (χ2v) is 15.5. The van der Waals surface area contributed by atoms with Crippen LogP contribution in [0.5, 0.6) is 0 Å². The maximum absolute atomic E-state index is 6.66. The maximum Gasteiger partial charge on any atom is 0.178 e. The van der Waals surface area contributed by atoms with Crippen molar-refractivity contribution in [2.45, 2.75) is 0 Å². The second kappa shape index (κ2) is 11.9. The average Bonchev–Trinajstić information content (AvgIpc) is 3.86. The Kier molecular flexibility index (Phi) is 6.47. The zero-order valence-corrected chi connectivity index (χ0v) is 31.3. The van der Waals surface area contributed by atoms with Gasteiger partial charge in [-0.2, -0.15) is 0 Å². The molecule has 13 rings (SSSR count). The molecule has 0 amide bonds. The maximum atomic E-state index is 6.66. The van der Waals surface area contributed by atoms with E-state index in [-0.39, 0.29) is 0 Å². The van der Waals surface area contributed by atoms with Gasteiger partial charge in [0.2, 0.25) is 0 Å². The predicted molar refractivity (Wildman–Crippen MR) is 245 cm³/mol. The van der Waals surface area contributed by atoms with Crippen LogP contribution in [0.25, 0.3) is 131 Å². The van der Waals surface area contributed by atoms with Gasteiger partial charge in [0.15, 0.2) is 11.2 Å². The third kappa shape index (κ3) is 4.48. The van der Waals surface area contributed by atoms with E-state index in [2.05, 4.69) is 194 Å². The van der Waals surface area contributed by atoms with Crippen molar-refractivity contribution in [3.63, 3.8) is 0 Å². The summed E-state index contributed by atoms with van der Waals surface area (Å²) in [5.41, 5.74) is 10.6. The highest BCUT2D eigenvalue weighted by molar-refractivity contribution is 6.25. The number of rotatable bonds is 3. The summed E-state index contributed by atoms with van der Waals surface area (Å²) < 4.78 is 13.3. The lowest BCUT2D eigenvalue weighted by atomic mass is 9.84. The number of furan rings is 2. The first-order chi connectivity index (χ1) is 28.7. The fraction of sp³-hybridized carbons (Fsp3) is 0. The normalized spacial score (nSPS) is 12.1. The minimum absolute atomic E-state index is 0.793. The largest absolute Gasteiger partial charge is 0.452 e. The molecule has 0 bridgehead atoms. The SMILES string of the molecule is c1ccc2c(-c3c4ccccc4c(-c4ccc5cc(-c6ccc7c(c6)oc6c7ccc7c8ccc9ccccc9c8oc76)ccc5c4)c4ccccc34)cccc2c1. The molecule has 2 nitrogen and oxygen atoms in total. The van der Waals surface area contributed by atoms with Crippen molar-refractivity contribution in [2.75, 3.05) is 0 Å². The Hall–Kier alpha value is -7.68. The zero-order valence-electron chi connectivity index (χ0n) is 31.3. The summed E-state index contributed by atoms with van der Waals surface area (Å²) in [6, 6.07) is 70.5. The average molecular weight is 737 g/mol. The monoisotopic (exact) mass is 736 g/mol. The van der Waals surface area contributed by atoms with Crippen LogP contribution in [0, 0.1) is 0 Å². The standard InChI is InChI=1S/C56H32O2/c1-3-13-40-33(10-1)12-9-19-43(40)53-46-17-7-5-15-44(46)52(45-16-6-8-18-47(45)53)39-23-22-35-30-36(20-21-37(35)31-39)38-25-26-42-48-28-29-50-49-27-24-34-11-2-4-14-41(34)54(49)58-56(50)55(48)57-51(42)32-38/h1-32H. The Bertz CT molecular complexity index is 3800. The fourth-order valence-corrected chi connectivity index (χ4v) is 9.73. The summed E-state index contributed by atoms with van der Waals surface area (Å²) in [4.78, 5) is 0. The molecule has 0 unspecified atom stereocenters. The van der Waals surface area contributed by atoms with Gasteiger partial charge in [0.1, 0.15) is 11.2 Å². The van der Waals surface area contributed by atoms with Crippen molar-refractivity contribution >= 4 is 97.7 Å². The van der Waals surface area contributed by atoms with Crippen molar-refractivity contribution in [3.8, 4) is 33.4 Å². The third-order valence-electron chi connectivity index (χ3n) is 12.4. The molecule has 268 valence electrons. The minimum atomic E-state index is 0.793. The Morgan fingerprint density at radius 3 is 1.45 bits per heavy atom. The Morgan fingerprint density at radius 1 is 0.241 bits per heavy atom. The summed E-state index contributed by atoms with van der Waals surface area (Å²) >= 11 is 0. The van der Waals surface area contributed by atoms with Crippen LogP contribution in [0.3, 0.4) is 0 Å². The molecule has 0 atom stereocenters. The van der Waals surface area contributed by atoms with Gasteiger partial charge in [-0.15, -0.1) is 0 Å². The second-order valence-electron chi connectivity index (χ2n) is 15.5. The van der Waals surface area contributed by atoms with E-state index in [0.717, 1.165) is 60.4 Å². The van der Waals surface area contributed by atoms with Gasteiger partial charge in [-0.25, -0.2) is 0 Å². The molecule has 2 heteroatoms. The van der Waals surface area contributed by atoms with Crippen LogP contribution < -0.4 is 0 Å². The van der Waals surface area contributed by atoms with E-state index >= 15 is 0 Å². The van der Waals surface area contributed by atoms with Crippen LogP contribution in [0.15, 0.2) is 203 Å². The molecule has 0 aliphatic rings. The van der Waals surface area contributed by atoms with Gasteiger partial charge in [0.05, 0.1) is 0 Å². The van der Waals surface area contributed by atoms with Crippen molar-refractivity contribution < 1.29 is 8.83 Å². The van der Waals surface area contributed by atoms with Crippen molar-refractivity contribution in [2.24, 2.45) is 0 Å². The summed E-state index contributed by atoms with van der Waals surface area (Å²) in [7, 11) is 0. The molecular weight excluding hydrogens is 705 g/mol. The quantitative estimate of drug-likeness (QED) is 0.169. The molecule has 13 aromatic rings. The van der Waals surface area contributed by atoms with Crippen molar-refractivity contribution in [1.29, 1.82) is 0 Å². The van der Waals surface area contributed by atoms with E-state index in [1.165, 1.54) is 70.7 Å². The van der Waals surface area contributed by atoms with Crippen LogP contribution in [0.4, 0.5) is 0 Å². The molecule has 0 saturated heterocycles. The molecule has 11 aromatic carbocycles. The van der Waals surface area contributed by atoms with E-state index in [9.17, 15) is 0 Å². The van der Waals surface area contributed by atoms with Crippen LogP contribution in [0.2, 0.25) is 0 Å². The highest BCUT2D eigenvalue weighted by Crippen LogP contribution is 2.46. The van der Waals surface area contributed by atoms with Gasteiger partial charge in [0, 0.05) is 26.9 Å². The molecule has 0 N–H and O–H groups in total. The van der Waals surface area contributed by atoms with Crippen LogP contribution in [-0.4, -0.2) is 0 Å². The number of hydrogen-bond donors (Lipinski definition) is 0. The molecule has 2 heterocycles. The first-order valence-electron chi connectivity index (χ1n) is 19.9. The number of hydrogen-bond acceptors (Lipinski definition) is 2. The Balaban J connectivity index is 0.932. The van der Waals surface area contributed by atoms with E-state index in [1.807, 2.05) is 0 Å². The zero-order chi connectivity index (χ0) is 37.9. The highest BCUT2D eigenvalue weighted by atomic mass is 16.4. The molecule has 0 spiro atoms. The third-order valence-corrected chi connectivity index (χ3v) is 12.4. The van der Waals surface area contributed by atoms with Crippen LogP contribution in [0.1, 0.15) is 0 Å². The lowest BCUT2D eigenvalue weighted by Crippen LogP contribution is -1.91. The van der Waals surface area contributed by atoms with Gasteiger partial charge in [-0.1, -0.05) is 152 Å². The van der Waals surface area contributed by atoms with Gasteiger partial charge in [-0.3, -0.25) is 0 Å². The number of benzene rings is 11. The van der Waals surface area contributed by atoms with Gasteiger partial charge < -0.3 is 8.83 Å². The van der Waals surface area contributed by atoms with E-state index in [0.29, 0.717) is 0 Å². The summed E-state index contributed by atoms with van der Waals surface area (Å²) in [5, 5.41) is 16.6. The molecule has 0 fully saturated rings. The Morgan fingerprint density at radius 2 is 0.707 bits per heavy atom. The van der Waals surface area contributed by atoms with Crippen molar-refractivity contribution in [1.82, 2.24) is 0 Å². The highest BCUT2D eigenvalue weighted by Gasteiger charge is 2.20. The van der Waals surface area contributed by atoms with Gasteiger partial charge >= 0.3 is 0 Å². The number of fused-ring (bicyclic) bond motifs is 13. The van der Waals surface area contributed by atoms with Crippen LogP contribution >= 0.6 is 0 Å². The lowest BCUT2D eigenvalue weighted by Gasteiger charge is -2.19. The lowest BCUT2D eigenvalue weighted by molar-refractivity contribution is 0.635.